The zero-order valence-corrected chi connectivity index (χ0v) is 14.4. The zero-order chi connectivity index (χ0) is 17.0. The quantitative estimate of drug-likeness (QED) is 0.840. The van der Waals surface area contributed by atoms with Gasteiger partial charge >= 0.3 is 6.03 Å². The number of nitrogens with one attached hydrogen (secondary N) is 2. The van der Waals surface area contributed by atoms with Crippen LogP contribution in [0.5, 0.6) is 0 Å². The summed E-state index contributed by atoms with van der Waals surface area (Å²) < 4.78 is 24.6. The van der Waals surface area contributed by atoms with Gasteiger partial charge in [-0.05, 0) is 25.0 Å². The third kappa shape index (κ3) is 5.07. The number of rotatable bonds is 4. The molecule has 8 nitrogen and oxygen atoms in total. The number of piperidine rings is 1. The van der Waals surface area contributed by atoms with Crippen LogP contribution in [0.25, 0.3) is 0 Å². The standard InChI is InChI=1S/C14H23N5O3S/c1-18(2)13-7-6-11(9-15-13)16-14(20)17-12-5-4-8-19(10-12)23(3,21)22/h6-7,9,12H,4-5,8,10H2,1-3H3,(H2,16,17,20)/t12-/m1/s1. The molecule has 2 amide bonds. The molecule has 0 aliphatic carbocycles. The first-order chi connectivity index (χ1) is 10.8. The van der Waals surface area contributed by atoms with E-state index < -0.39 is 10.0 Å². The molecular weight excluding hydrogens is 318 g/mol. The molecule has 0 aromatic carbocycles. The highest BCUT2D eigenvalue weighted by Crippen LogP contribution is 2.14. The van der Waals surface area contributed by atoms with Crippen molar-refractivity contribution in [1.29, 1.82) is 0 Å². The lowest BCUT2D eigenvalue weighted by Crippen LogP contribution is -2.50. The summed E-state index contributed by atoms with van der Waals surface area (Å²) in [6, 6.07) is 3.03. The van der Waals surface area contributed by atoms with E-state index in [-0.39, 0.29) is 12.1 Å². The second kappa shape index (κ2) is 7.14. The molecule has 0 unspecified atom stereocenters. The Labute approximate surface area is 136 Å². The molecule has 9 heteroatoms. The lowest BCUT2D eigenvalue weighted by Gasteiger charge is -2.31. The van der Waals surface area contributed by atoms with Crippen molar-refractivity contribution in [3.63, 3.8) is 0 Å². The van der Waals surface area contributed by atoms with E-state index in [4.69, 9.17) is 0 Å². The number of hydrogen-bond donors (Lipinski definition) is 2. The number of nitrogens with zero attached hydrogens (tertiary/aromatic N) is 3. The van der Waals surface area contributed by atoms with Crippen LogP contribution in [0.4, 0.5) is 16.3 Å². The first-order valence-electron chi connectivity index (χ1n) is 7.42. The van der Waals surface area contributed by atoms with Crippen LogP contribution >= 0.6 is 0 Å². The molecule has 128 valence electrons. The van der Waals surface area contributed by atoms with Gasteiger partial charge < -0.3 is 15.5 Å². The second-order valence-electron chi connectivity index (χ2n) is 5.86. The Kier molecular flexibility index (Phi) is 5.42. The number of aromatic nitrogens is 1. The highest BCUT2D eigenvalue weighted by atomic mass is 32.2. The van der Waals surface area contributed by atoms with E-state index in [0.29, 0.717) is 18.8 Å². The summed E-state index contributed by atoms with van der Waals surface area (Å²) in [4.78, 5) is 18.1. The van der Waals surface area contributed by atoms with Crippen molar-refractivity contribution in [2.24, 2.45) is 0 Å². The van der Waals surface area contributed by atoms with Gasteiger partial charge in [0.15, 0.2) is 0 Å². The minimum Gasteiger partial charge on any atom is -0.363 e. The number of sulfonamides is 1. The molecule has 1 aliphatic heterocycles. The summed E-state index contributed by atoms with van der Waals surface area (Å²) >= 11 is 0. The van der Waals surface area contributed by atoms with Gasteiger partial charge in [0.2, 0.25) is 10.0 Å². The topological polar surface area (TPSA) is 94.6 Å². The first-order valence-corrected chi connectivity index (χ1v) is 9.26. The molecule has 0 saturated carbocycles. The molecule has 2 heterocycles. The Hall–Kier alpha value is -1.87. The molecule has 23 heavy (non-hydrogen) atoms. The van der Waals surface area contributed by atoms with Crippen molar-refractivity contribution in [2.75, 3.05) is 43.7 Å². The van der Waals surface area contributed by atoms with Crippen molar-refractivity contribution >= 4 is 27.6 Å². The molecule has 0 radical (unpaired) electrons. The van der Waals surface area contributed by atoms with E-state index >= 15 is 0 Å². The molecule has 1 aromatic rings. The molecule has 1 aliphatic rings. The van der Waals surface area contributed by atoms with E-state index in [9.17, 15) is 13.2 Å². The summed E-state index contributed by atoms with van der Waals surface area (Å²) in [5.74, 6) is 0.798. The molecule has 0 spiro atoms. The molecule has 1 fully saturated rings. The van der Waals surface area contributed by atoms with Crippen molar-refractivity contribution in [2.45, 2.75) is 18.9 Å². The maximum absolute atomic E-state index is 12.0. The third-order valence-corrected chi connectivity index (χ3v) is 4.92. The summed E-state index contributed by atoms with van der Waals surface area (Å²) in [5.41, 5.74) is 0.587. The summed E-state index contributed by atoms with van der Waals surface area (Å²) in [5, 5.41) is 5.52. The smallest absolute Gasteiger partial charge is 0.319 e. The van der Waals surface area contributed by atoms with Gasteiger partial charge in [-0.25, -0.2) is 22.5 Å². The van der Waals surface area contributed by atoms with Crippen molar-refractivity contribution < 1.29 is 13.2 Å². The van der Waals surface area contributed by atoms with Crippen LogP contribution in [0.3, 0.4) is 0 Å². The normalized spacial score (nSPS) is 19.2. The fraction of sp³-hybridized carbons (Fsp3) is 0.571. The van der Waals surface area contributed by atoms with Gasteiger partial charge in [-0.2, -0.15) is 0 Å². The molecule has 2 rings (SSSR count). The molecule has 0 bridgehead atoms. The number of hydrogen-bond acceptors (Lipinski definition) is 5. The van der Waals surface area contributed by atoms with Gasteiger partial charge in [0.05, 0.1) is 18.1 Å². The predicted molar refractivity (Wildman–Crippen MR) is 90.2 cm³/mol. The van der Waals surface area contributed by atoms with Crippen LogP contribution in [-0.2, 0) is 10.0 Å². The monoisotopic (exact) mass is 341 g/mol. The SMILES string of the molecule is CN(C)c1ccc(NC(=O)N[C@@H]2CCCN(S(C)(=O)=O)C2)cn1. The number of carbonyl (C=O) groups excluding carboxylic acids is 1. The Morgan fingerprint density at radius 1 is 1.39 bits per heavy atom. The lowest BCUT2D eigenvalue weighted by molar-refractivity contribution is 0.236. The Bertz CT molecular complexity index is 645. The summed E-state index contributed by atoms with van der Waals surface area (Å²) in [6.07, 6.45) is 4.26. The predicted octanol–water partition coefficient (Wildman–Crippen LogP) is 0.693. The van der Waals surface area contributed by atoms with Crippen LogP contribution in [-0.4, -0.2) is 63.2 Å². The molecule has 1 atom stereocenters. The molecule has 1 aromatic heterocycles. The van der Waals surface area contributed by atoms with Gasteiger partial charge in [-0.1, -0.05) is 0 Å². The summed E-state index contributed by atoms with van der Waals surface area (Å²) in [7, 11) is 0.556. The van der Waals surface area contributed by atoms with E-state index in [0.717, 1.165) is 18.7 Å². The van der Waals surface area contributed by atoms with Gasteiger partial charge in [0.25, 0.3) is 0 Å². The van der Waals surface area contributed by atoms with E-state index in [1.807, 2.05) is 25.1 Å². The maximum atomic E-state index is 12.0. The highest BCUT2D eigenvalue weighted by Gasteiger charge is 2.26. The number of pyridine rings is 1. The van der Waals surface area contributed by atoms with Gasteiger partial charge in [0.1, 0.15) is 5.82 Å². The lowest BCUT2D eigenvalue weighted by atomic mass is 10.1. The van der Waals surface area contributed by atoms with Crippen molar-refractivity contribution in [3.8, 4) is 0 Å². The fourth-order valence-corrected chi connectivity index (χ4v) is 3.35. The third-order valence-electron chi connectivity index (χ3n) is 3.65. The van der Waals surface area contributed by atoms with Crippen LogP contribution in [0.1, 0.15) is 12.8 Å². The fourth-order valence-electron chi connectivity index (χ4n) is 2.44. The molecule has 1 saturated heterocycles. The van der Waals surface area contributed by atoms with Gasteiger partial charge in [-0.15, -0.1) is 0 Å². The first kappa shape index (κ1) is 17.5. The van der Waals surface area contributed by atoms with Gasteiger partial charge in [0, 0.05) is 33.2 Å². The van der Waals surface area contributed by atoms with Crippen molar-refractivity contribution in [1.82, 2.24) is 14.6 Å². The number of anilines is 2. The van der Waals surface area contributed by atoms with E-state index in [1.54, 1.807) is 12.3 Å². The van der Waals surface area contributed by atoms with Crippen LogP contribution in [0.15, 0.2) is 18.3 Å². The Balaban J connectivity index is 1.89. The highest BCUT2D eigenvalue weighted by molar-refractivity contribution is 7.88. The number of carbonyl (C=O) groups is 1. The van der Waals surface area contributed by atoms with Gasteiger partial charge in [-0.3, -0.25) is 0 Å². The van der Waals surface area contributed by atoms with E-state index in [1.165, 1.54) is 10.6 Å². The Morgan fingerprint density at radius 2 is 2.13 bits per heavy atom. The largest absolute Gasteiger partial charge is 0.363 e. The minimum atomic E-state index is -3.22. The summed E-state index contributed by atoms with van der Waals surface area (Å²) in [6.45, 7) is 0.818. The molecular formula is C14H23N5O3S. The van der Waals surface area contributed by atoms with E-state index in [2.05, 4.69) is 15.6 Å². The molecule has 2 N–H and O–H groups in total. The number of urea groups is 1. The van der Waals surface area contributed by atoms with Crippen LogP contribution in [0.2, 0.25) is 0 Å². The van der Waals surface area contributed by atoms with Crippen molar-refractivity contribution in [3.05, 3.63) is 18.3 Å². The second-order valence-corrected chi connectivity index (χ2v) is 7.84. The minimum absolute atomic E-state index is 0.188. The number of amides is 2. The Morgan fingerprint density at radius 3 is 2.70 bits per heavy atom. The average molecular weight is 341 g/mol. The zero-order valence-electron chi connectivity index (χ0n) is 13.6. The average Bonchev–Trinajstić information content (AvgIpc) is 2.47. The van der Waals surface area contributed by atoms with Crippen LogP contribution in [0, 0.1) is 0 Å². The van der Waals surface area contributed by atoms with Crippen LogP contribution < -0.4 is 15.5 Å². The maximum Gasteiger partial charge on any atom is 0.319 e.